The molecule has 1 aliphatic carbocycles. The van der Waals surface area contributed by atoms with Gasteiger partial charge >= 0.3 is 0 Å². The van der Waals surface area contributed by atoms with Gasteiger partial charge < -0.3 is 15.0 Å². The number of amides is 2. The fourth-order valence-corrected chi connectivity index (χ4v) is 6.26. The first-order valence-corrected chi connectivity index (χ1v) is 15.7. The van der Waals surface area contributed by atoms with Gasteiger partial charge in [-0.2, -0.15) is 0 Å². The van der Waals surface area contributed by atoms with E-state index in [1.807, 2.05) is 38.1 Å². The van der Waals surface area contributed by atoms with Crippen LogP contribution in [0, 0.1) is 6.92 Å². The van der Waals surface area contributed by atoms with Crippen LogP contribution in [0.3, 0.4) is 0 Å². The molecule has 1 atom stereocenters. The second-order valence-electron chi connectivity index (χ2n) is 10.4. The van der Waals surface area contributed by atoms with Crippen molar-refractivity contribution in [2.24, 2.45) is 0 Å². The van der Waals surface area contributed by atoms with E-state index in [1.54, 1.807) is 29.2 Å². The van der Waals surface area contributed by atoms with Crippen LogP contribution in [0.15, 0.2) is 48.5 Å². The van der Waals surface area contributed by atoms with E-state index in [1.165, 1.54) is 17.8 Å². The molecule has 1 unspecified atom stereocenters. The standard InChI is InChI=1S/C30H43N3O5S/c1-5-26(30(35)31-25-15-7-6-8-16-25)32(22-24-14-11-13-23(2)21-24)29(34)19-12-20-33(39(4,36)37)27-17-9-10-18-28(27)38-3/h9-11,13-14,17-18,21,25-26H,5-8,12,15-16,19-20,22H2,1-4H3,(H,31,35). The first-order valence-electron chi connectivity index (χ1n) is 13.9. The van der Waals surface area contributed by atoms with Crippen molar-refractivity contribution in [1.29, 1.82) is 0 Å². The Morgan fingerprint density at radius 2 is 1.79 bits per heavy atom. The Hall–Kier alpha value is -3.07. The number of nitrogens with zero attached hydrogens (tertiary/aromatic N) is 2. The molecule has 39 heavy (non-hydrogen) atoms. The second kappa shape index (κ2) is 14.4. The van der Waals surface area contributed by atoms with Crippen molar-refractivity contribution in [2.75, 3.05) is 24.2 Å². The number of sulfonamides is 1. The van der Waals surface area contributed by atoms with Crippen LogP contribution in [-0.2, 0) is 26.2 Å². The summed E-state index contributed by atoms with van der Waals surface area (Å²) in [6, 6.07) is 14.4. The highest BCUT2D eigenvalue weighted by atomic mass is 32.2. The van der Waals surface area contributed by atoms with Crippen molar-refractivity contribution < 1.29 is 22.7 Å². The molecule has 2 amide bonds. The lowest BCUT2D eigenvalue weighted by atomic mass is 9.95. The Balaban J connectivity index is 1.77. The molecule has 0 radical (unpaired) electrons. The van der Waals surface area contributed by atoms with Crippen molar-refractivity contribution in [1.82, 2.24) is 10.2 Å². The lowest BCUT2D eigenvalue weighted by molar-refractivity contribution is -0.141. The summed E-state index contributed by atoms with van der Waals surface area (Å²) in [5.74, 6) is 0.161. The van der Waals surface area contributed by atoms with Gasteiger partial charge in [0.25, 0.3) is 0 Å². The van der Waals surface area contributed by atoms with Gasteiger partial charge in [0.05, 0.1) is 19.1 Å². The van der Waals surface area contributed by atoms with Gasteiger partial charge in [0, 0.05) is 25.6 Å². The number of hydrogen-bond acceptors (Lipinski definition) is 5. The molecule has 1 fully saturated rings. The van der Waals surface area contributed by atoms with Crippen molar-refractivity contribution in [3.63, 3.8) is 0 Å². The highest BCUT2D eigenvalue weighted by Crippen LogP contribution is 2.30. The van der Waals surface area contributed by atoms with Gasteiger partial charge in [-0.15, -0.1) is 0 Å². The van der Waals surface area contributed by atoms with Gasteiger partial charge in [-0.3, -0.25) is 13.9 Å². The van der Waals surface area contributed by atoms with Crippen molar-refractivity contribution in [3.8, 4) is 5.75 Å². The predicted octanol–water partition coefficient (Wildman–Crippen LogP) is 4.81. The van der Waals surface area contributed by atoms with Crippen LogP contribution in [0.4, 0.5) is 5.69 Å². The number of benzene rings is 2. The first-order chi connectivity index (χ1) is 18.6. The predicted molar refractivity (Wildman–Crippen MR) is 155 cm³/mol. The molecular weight excluding hydrogens is 514 g/mol. The zero-order valence-corrected chi connectivity index (χ0v) is 24.5. The number of methoxy groups -OCH3 is 1. The van der Waals surface area contributed by atoms with Gasteiger partial charge in [0.15, 0.2) is 0 Å². The van der Waals surface area contributed by atoms with E-state index in [-0.39, 0.29) is 30.8 Å². The summed E-state index contributed by atoms with van der Waals surface area (Å²) in [4.78, 5) is 28.7. The lowest BCUT2D eigenvalue weighted by Crippen LogP contribution is -2.51. The number of ether oxygens (including phenoxy) is 1. The normalized spacial score (nSPS) is 14.9. The molecule has 214 valence electrons. The summed E-state index contributed by atoms with van der Waals surface area (Å²) in [5, 5.41) is 3.20. The molecule has 0 aliphatic heterocycles. The largest absolute Gasteiger partial charge is 0.495 e. The molecule has 0 saturated heterocycles. The number of hydrogen-bond donors (Lipinski definition) is 1. The molecule has 3 rings (SSSR count). The average Bonchev–Trinajstić information content (AvgIpc) is 2.91. The number of para-hydroxylation sites is 2. The van der Waals surface area contributed by atoms with Gasteiger partial charge in [0.2, 0.25) is 21.8 Å². The Bertz CT molecular complexity index is 1210. The fraction of sp³-hybridized carbons (Fsp3) is 0.533. The quantitative estimate of drug-likeness (QED) is 0.382. The van der Waals surface area contributed by atoms with Crippen LogP contribution in [0.5, 0.6) is 5.75 Å². The molecule has 0 bridgehead atoms. The third kappa shape index (κ3) is 8.71. The summed E-state index contributed by atoms with van der Waals surface area (Å²) >= 11 is 0. The Kier molecular flexibility index (Phi) is 11.2. The number of carbonyl (C=O) groups is 2. The summed E-state index contributed by atoms with van der Waals surface area (Å²) < 4.78 is 31.9. The maximum absolute atomic E-state index is 13.7. The van der Waals surface area contributed by atoms with E-state index in [2.05, 4.69) is 5.32 Å². The van der Waals surface area contributed by atoms with Crippen molar-refractivity contribution in [2.45, 2.75) is 83.8 Å². The maximum atomic E-state index is 13.7. The third-order valence-electron chi connectivity index (χ3n) is 7.28. The van der Waals surface area contributed by atoms with Gasteiger partial charge in [-0.25, -0.2) is 8.42 Å². The van der Waals surface area contributed by atoms with Crippen molar-refractivity contribution >= 4 is 27.5 Å². The van der Waals surface area contributed by atoms with E-state index >= 15 is 0 Å². The van der Waals surface area contributed by atoms with Gasteiger partial charge in [0.1, 0.15) is 11.8 Å². The van der Waals surface area contributed by atoms with E-state index in [0.29, 0.717) is 30.8 Å². The molecule has 1 saturated carbocycles. The molecule has 1 aliphatic rings. The minimum atomic E-state index is -3.61. The van der Waals surface area contributed by atoms with E-state index in [9.17, 15) is 18.0 Å². The minimum Gasteiger partial charge on any atom is -0.495 e. The number of carbonyl (C=O) groups excluding carboxylic acids is 2. The monoisotopic (exact) mass is 557 g/mol. The topological polar surface area (TPSA) is 96.0 Å². The number of anilines is 1. The maximum Gasteiger partial charge on any atom is 0.243 e. The Labute approximate surface area is 233 Å². The molecule has 2 aromatic carbocycles. The van der Waals surface area contributed by atoms with E-state index in [4.69, 9.17) is 4.74 Å². The summed E-state index contributed by atoms with van der Waals surface area (Å²) in [6.45, 7) is 4.36. The minimum absolute atomic E-state index is 0.111. The summed E-state index contributed by atoms with van der Waals surface area (Å²) in [6.07, 6.45) is 7.40. The molecular formula is C30H43N3O5S. The first kappa shape index (κ1) is 30.5. The molecule has 2 aromatic rings. The fourth-order valence-electron chi connectivity index (χ4n) is 5.29. The second-order valence-corrected chi connectivity index (χ2v) is 12.3. The van der Waals surface area contributed by atoms with E-state index < -0.39 is 16.1 Å². The van der Waals surface area contributed by atoms with Crippen LogP contribution in [0.1, 0.15) is 69.4 Å². The molecule has 0 aromatic heterocycles. The molecule has 1 N–H and O–H groups in total. The Morgan fingerprint density at radius 1 is 1.08 bits per heavy atom. The average molecular weight is 558 g/mol. The number of aryl methyl sites for hydroxylation is 1. The van der Waals surface area contributed by atoms with Gasteiger partial charge in [-0.05, 0) is 50.3 Å². The number of nitrogens with one attached hydrogen (secondary N) is 1. The van der Waals surface area contributed by atoms with Crippen molar-refractivity contribution in [3.05, 3.63) is 59.7 Å². The third-order valence-corrected chi connectivity index (χ3v) is 8.46. The summed E-state index contributed by atoms with van der Waals surface area (Å²) in [7, 11) is -2.11. The van der Waals surface area contributed by atoms with Gasteiger partial charge in [-0.1, -0.05) is 68.1 Å². The van der Waals surface area contributed by atoms with Crippen LogP contribution in [0.2, 0.25) is 0 Å². The molecule has 8 nitrogen and oxygen atoms in total. The van der Waals surface area contributed by atoms with Crippen LogP contribution in [-0.4, -0.2) is 57.1 Å². The number of rotatable bonds is 13. The highest BCUT2D eigenvalue weighted by Gasteiger charge is 2.30. The molecule has 0 heterocycles. The van der Waals surface area contributed by atoms with Crippen LogP contribution in [0.25, 0.3) is 0 Å². The van der Waals surface area contributed by atoms with Crippen LogP contribution < -0.4 is 14.4 Å². The lowest BCUT2D eigenvalue weighted by Gasteiger charge is -2.33. The highest BCUT2D eigenvalue weighted by molar-refractivity contribution is 7.92. The van der Waals surface area contributed by atoms with E-state index in [0.717, 1.165) is 43.1 Å². The smallest absolute Gasteiger partial charge is 0.243 e. The summed E-state index contributed by atoms with van der Waals surface area (Å²) in [5.41, 5.74) is 2.48. The molecule has 9 heteroatoms. The molecule has 0 spiro atoms. The zero-order chi connectivity index (χ0) is 28.4. The zero-order valence-electron chi connectivity index (χ0n) is 23.7. The SMILES string of the molecule is CCC(C(=O)NC1CCCCC1)N(Cc1cccc(C)c1)C(=O)CCCN(c1ccccc1OC)S(C)(=O)=O. The Morgan fingerprint density at radius 3 is 2.44 bits per heavy atom. The van der Waals surface area contributed by atoms with Crippen LogP contribution >= 0.6 is 0 Å².